The maximum absolute atomic E-state index is 13.1. The van der Waals surface area contributed by atoms with Gasteiger partial charge < -0.3 is 33.8 Å². The number of carbonyl (C=O) groups excluding carboxylic acids is 4. The SMILES string of the molecule is CCCCC/C=C\C/C=C\C/C=C\C/C=C\CCCC(=O)O[C@H](COC(=O)CCCCCCC/C=C\C/C=C\CCCCC)COP(=O)(O)OC[C@@H](O)COP(=O)(O)OC[C@@H](COC(=O)CCCCCCCCCCCCCCCCC)OC(=O)CCCCCCCCCCCCCCC. The van der Waals surface area contributed by atoms with Gasteiger partial charge in [0, 0.05) is 25.7 Å². The lowest BCUT2D eigenvalue weighted by Gasteiger charge is -2.21. The Morgan fingerprint density at radius 3 is 0.810 bits per heavy atom. The third-order valence-corrected chi connectivity index (χ3v) is 19.1. The minimum Gasteiger partial charge on any atom is -0.462 e. The van der Waals surface area contributed by atoms with Crippen molar-refractivity contribution in [1.82, 2.24) is 0 Å². The zero-order valence-corrected chi connectivity index (χ0v) is 65.4. The van der Waals surface area contributed by atoms with E-state index in [9.17, 15) is 43.2 Å². The summed E-state index contributed by atoms with van der Waals surface area (Å²) in [6, 6.07) is 0. The predicted molar refractivity (Wildman–Crippen MR) is 409 cm³/mol. The molecule has 0 aromatic heterocycles. The van der Waals surface area contributed by atoms with Gasteiger partial charge in [-0.3, -0.25) is 37.3 Å². The Balaban J connectivity index is 5.38. The van der Waals surface area contributed by atoms with Crippen LogP contribution in [0.25, 0.3) is 0 Å². The summed E-state index contributed by atoms with van der Waals surface area (Å²) in [5, 5.41) is 10.6. The molecule has 0 spiro atoms. The normalized spacial score (nSPS) is 14.3. The van der Waals surface area contributed by atoms with Crippen LogP contribution in [-0.2, 0) is 65.4 Å². The third kappa shape index (κ3) is 72.8. The first kappa shape index (κ1) is 96.5. The number of esters is 4. The van der Waals surface area contributed by atoms with Crippen molar-refractivity contribution >= 4 is 39.5 Å². The lowest BCUT2D eigenvalue weighted by atomic mass is 10.0. The van der Waals surface area contributed by atoms with Crippen molar-refractivity contribution < 1.29 is 80.2 Å². The molecule has 582 valence electrons. The van der Waals surface area contributed by atoms with Crippen LogP contribution >= 0.6 is 15.6 Å². The minimum absolute atomic E-state index is 0.0186. The largest absolute Gasteiger partial charge is 0.472 e. The molecule has 0 saturated carbocycles. The van der Waals surface area contributed by atoms with Crippen molar-refractivity contribution in [2.75, 3.05) is 39.6 Å². The molecule has 5 atom stereocenters. The third-order valence-electron chi connectivity index (χ3n) is 17.2. The molecule has 0 aliphatic rings. The highest BCUT2D eigenvalue weighted by Gasteiger charge is 2.30. The van der Waals surface area contributed by atoms with Crippen LogP contribution in [0.1, 0.15) is 362 Å². The maximum Gasteiger partial charge on any atom is 0.472 e. The molecule has 0 aliphatic carbocycles. The van der Waals surface area contributed by atoms with E-state index in [1.54, 1.807) is 0 Å². The average molecular weight is 1450 g/mol. The number of ether oxygens (including phenoxy) is 4. The summed E-state index contributed by atoms with van der Waals surface area (Å²) in [6.45, 7) is 4.81. The number of carbonyl (C=O) groups is 4. The zero-order chi connectivity index (χ0) is 73.2. The second kappa shape index (κ2) is 73.8. The molecule has 0 aromatic carbocycles. The van der Waals surface area contributed by atoms with Gasteiger partial charge in [0.25, 0.3) is 0 Å². The number of rotatable bonds is 76. The smallest absolute Gasteiger partial charge is 0.462 e. The first-order valence-corrected chi connectivity index (χ1v) is 43.2. The minimum atomic E-state index is -4.99. The standard InChI is InChI=1S/C81H146O17P2/c1-5-9-13-17-21-25-29-33-36-37-40-44-48-52-56-60-64-68-81(86)98-77(72-92-79(84)66-62-58-54-50-46-43-39-35-31-27-23-19-15-11-7-3)74-96-100(89,90)94-70-75(82)69-93-99(87,88)95-73-76(97-80(85)67-63-59-55-51-47-41-32-28-24-20-16-12-8-4)71-91-78(83)65-61-57-53-49-45-42-38-34-30-26-22-18-14-10-6-2/h21,23,25,27,33,35-36,39-40,44,52,56,75-77,82H,5-20,22,24,26,28-32,34,37-38,41-43,45-51,53-55,57-74H2,1-4H3,(H,87,88)(H,89,90)/b25-21-,27-23-,36-33-,39-35-,44-40-,56-52-/t75-,76+,77+/m0/s1. The Bertz CT molecular complexity index is 2180. The Morgan fingerprint density at radius 1 is 0.280 bits per heavy atom. The first-order chi connectivity index (χ1) is 48.7. The summed E-state index contributed by atoms with van der Waals surface area (Å²) >= 11 is 0. The molecule has 0 saturated heterocycles. The van der Waals surface area contributed by atoms with Gasteiger partial charge in [-0.05, 0) is 96.3 Å². The lowest BCUT2D eigenvalue weighted by Crippen LogP contribution is -2.30. The van der Waals surface area contributed by atoms with Gasteiger partial charge in [-0.2, -0.15) is 0 Å². The van der Waals surface area contributed by atoms with Crippen molar-refractivity contribution in [3.8, 4) is 0 Å². The highest BCUT2D eigenvalue weighted by Crippen LogP contribution is 2.45. The van der Waals surface area contributed by atoms with E-state index < -0.39 is 97.5 Å². The summed E-state index contributed by atoms with van der Waals surface area (Å²) in [6.07, 6.45) is 74.5. The van der Waals surface area contributed by atoms with Gasteiger partial charge in [-0.1, -0.05) is 312 Å². The van der Waals surface area contributed by atoms with Crippen molar-refractivity contribution in [2.45, 2.75) is 380 Å². The second-order valence-electron chi connectivity index (χ2n) is 27.0. The van der Waals surface area contributed by atoms with Crippen LogP contribution in [0.15, 0.2) is 72.9 Å². The summed E-state index contributed by atoms with van der Waals surface area (Å²) in [5.74, 6) is -2.22. The highest BCUT2D eigenvalue weighted by molar-refractivity contribution is 7.47. The highest BCUT2D eigenvalue weighted by atomic mass is 31.2. The van der Waals surface area contributed by atoms with Crippen LogP contribution in [0.4, 0.5) is 0 Å². The van der Waals surface area contributed by atoms with Gasteiger partial charge >= 0.3 is 39.5 Å². The van der Waals surface area contributed by atoms with E-state index in [2.05, 4.69) is 88.5 Å². The Labute approximate surface area is 609 Å². The van der Waals surface area contributed by atoms with E-state index in [0.717, 1.165) is 116 Å². The Kier molecular flexibility index (Phi) is 71.2. The molecular weight excluding hydrogens is 1310 g/mol. The Morgan fingerprint density at radius 2 is 0.500 bits per heavy atom. The molecular formula is C81H146O17P2. The van der Waals surface area contributed by atoms with Crippen LogP contribution in [0.5, 0.6) is 0 Å². The van der Waals surface area contributed by atoms with E-state index in [-0.39, 0.29) is 25.7 Å². The van der Waals surface area contributed by atoms with E-state index in [1.807, 2.05) is 12.2 Å². The number of hydrogen-bond acceptors (Lipinski definition) is 15. The number of hydrogen-bond donors (Lipinski definition) is 3. The van der Waals surface area contributed by atoms with Crippen LogP contribution in [0.3, 0.4) is 0 Å². The first-order valence-electron chi connectivity index (χ1n) is 40.2. The molecule has 0 fully saturated rings. The van der Waals surface area contributed by atoms with Crippen molar-refractivity contribution in [3.63, 3.8) is 0 Å². The van der Waals surface area contributed by atoms with E-state index in [0.29, 0.717) is 32.1 Å². The predicted octanol–water partition coefficient (Wildman–Crippen LogP) is 23.2. The van der Waals surface area contributed by atoms with Crippen LogP contribution in [0.2, 0.25) is 0 Å². The van der Waals surface area contributed by atoms with Crippen molar-refractivity contribution in [3.05, 3.63) is 72.9 Å². The molecule has 100 heavy (non-hydrogen) atoms. The monoisotopic (exact) mass is 1450 g/mol. The second-order valence-corrected chi connectivity index (χ2v) is 29.9. The van der Waals surface area contributed by atoms with E-state index in [1.165, 1.54) is 161 Å². The summed E-state index contributed by atoms with van der Waals surface area (Å²) in [5.41, 5.74) is 0. The Hall–Kier alpha value is -3.50. The van der Waals surface area contributed by atoms with Gasteiger partial charge in [-0.25, -0.2) is 9.13 Å². The molecule has 19 heteroatoms. The molecule has 0 aromatic rings. The zero-order valence-electron chi connectivity index (χ0n) is 63.6. The van der Waals surface area contributed by atoms with Crippen LogP contribution in [-0.4, -0.2) is 96.7 Å². The average Bonchev–Trinajstić information content (AvgIpc) is 0.962. The fourth-order valence-electron chi connectivity index (χ4n) is 11.0. The molecule has 0 heterocycles. The van der Waals surface area contributed by atoms with Gasteiger partial charge in [-0.15, -0.1) is 0 Å². The van der Waals surface area contributed by atoms with Crippen molar-refractivity contribution in [2.24, 2.45) is 0 Å². The molecule has 2 unspecified atom stereocenters. The summed E-state index contributed by atoms with van der Waals surface area (Å²) in [7, 11) is -9.96. The number of aliphatic hydroxyl groups excluding tert-OH is 1. The fourth-order valence-corrected chi connectivity index (χ4v) is 12.6. The van der Waals surface area contributed by atoms with Crippen molar-refractivity contribution in [1.29, 1.82) is 0 Å². The molecule has 0 radical (unpaired) electrons. The molecule has 0 rings (SSSR count). The van der Waals surface area contributed by atoms with Crippen LogP contribution < -0.4 is 0 Å². The molecule has 17 nitrogen and oxygen atoms in total. The van der Waals surface area contributed by atoms with E-state index in [4.69, 9.17) is 37.0 Å². The fraction of sp³-hybridized carbons (Fsp3) is 0.802. The number of phosphoric acid groups is 2. The molecule has 0 aliphatic heterocycles. The summed E-state index contributed by atoms with van der Waals surface area (Å²) < 4.78 is 68.5. The van der Waals surface area contributed by atoms with Gasteiger partial charge in [0.15, 0.2) is 12.2 Å². The number of allylic oxidation sites excluding steroid dienone is 12. The van der Waals surface area contributed by atoms with Gasteiger partial charge in [0.2, 0.25) is 0 Å². The van der Waals surface area contributed by atoms with Crippen LogP contribution in [0, 0.1) is 0 Å². The quantitative estimate of drug-likeness (QED) is 0.0169. The number of phosphoric ester groups is 2. The molecule has 0 bridgehead atoms. The van der Waals surface area contributed by atoms with Gasteiger partial charge in [0.1, 0.15) is 19.3 Å². The number of unbranched alkanes of at least 4 members (excludes halogenated alkanes) is 38. The van der Waals surface area contributed by atoms with E-state index >= 15 is 0 Å². The topological polar surface area (TPSA) is 237 Å². The number of aliphatic hydroxyl groups is 1. The molecule has 0 amide bonds. The molecule has 3 N–H and O–H groups in total. The maximum atomic E-state index is 13.1. The van der Waals surface area contributed by atoms with Gasteiger partial charge in [0.05, 0.1) is 26.4 Å². The lowest BCUT2D eigenvalue weighted by molar-refractivity contribution is -0.161. The summed E-state index contributed by atoms with van der Waals surface area (Å²) in [4.78, 5) is 72.9.